The highest BCUT2D eigenvalue weighted by atomic mass is 35.5. The van der Waals surface area contributed by atoms with Crippen molar-refractivity contribution in [1.82, 2.24) is 20.2 Å². The Morgan fingerprint density at radius 1 is 1.17 bits per heavy atom. The first kappa shape index (κ1) is 27.9. The van der Waals surface area contributed by atoms with Crippen molar-refractivity contribution in [3.63, 3.8) is 0 Å². The van der Waals surface area contributed by atoms with Gasteiger partial charge in [-0.15, -0.1) is 0 Å². The van der Waals surface area contributed by atoms with Gasteiger partial charge in [0.15, 0.2) is 16.7 Å². The highest BCUT2D eigenvalue weighted by Crippen LogP contribution is 2.28. The van der Waals surface area contributed by atoms with Crippen LogP contribution in [0.3, 0.4) is 0 Å². The fourth-order valence-electron chi connectivity index (χ4n) is 4.07. The predicted molar refractivity (Wildman–Crippen MR) is 142 cm³/mol. The van der Waals surface area contributed by atoms with Crippen molar-refractivity contribution >= 4 is 41.0 Å². The second-order valence-electron chi connectivity index (χ2n) is 8.54. The van der Waals surface area contributed by atoms with Crippen LogP contribution in [0.5, 0.6) is 11.5 Å². The maximum absolute atomic E-state index is 12.4. The molecule has 2 aromatic rings. The van der Waals surface area contributed by atoms with Gasteiger partial charge in [-0.3, -0.25) is 9.59 Å². The fraction of sp³-hybridized carbons (Fsp3) is 0.520. The van der Waals surface area contributed by atoms with Crippen LogP contribution < -0.4 is 19.7 Å². The summed E-state index contributed by atoms with van der Waals surface area (Å²) in [6.07, 6.45) is 2.08. The first-order valence-corrected chi connectivity index (χ1v) is 13.4. The zero-order valence-electron chi connectivity index (χ0n) is 21.3. The molecule has 0 bridgehead atoms. The molecule has 9 nitrogen and oxygen atoms in total. The Kier molecular flexibility index (Phi) is 10.5. The van der Waals surface area contributed by atoms with Crippen LogP contribution in [-0.4, -0.2) is 78.9 Å². The van der Waals surface area contributed by atoms with Gasteiger partial charge in [0.1, 0.15) is 11.0 Å². The number of rotatable bonds is 11. The number of nitrogens with one attached hydrogen (secondary N) is 1. The molecule has 11 heteroatoms. The molecule has 1 aromatic heterocycles. The summed E-state index contributed by atoms with van der Waals surface area (Å²) in [6.45, 7) is 6.55. The summed E-state index contributed by atoms with van der Waals surface area (Å²) >= 11 is 7.51. The first-order valence-electron chi connectivity index (χ1n) is 12.0. The Morgan fingerprint density at radius 3 is 2.64 bits per heavy atom. The van der Waals surface area contributed by atoms with E-state index < -0.39 is 0 Å². The van der Waals surface area contributed by atoms with Crippen LogP contribution in [-0.2, 0) is 16.0 Å². The highest BCUT2D eigenvalue weighted by molar-refractivity contribution is 7.99. The molecule has 1 fully saturated rings. The zero-order valence-corrected chi connectivity index (χ0v) is 22.8. The number of carbonyl (C=O) groups is 2. The smallest absolute Gasteiger partial charge is 0.230 e. The van der Waals surface area contributed by atoms with E-state index in [1.807, 2.05) is 36.9 Å². The van der Waals surface area contributed by atoms with Crippen LogP contribution in [0.25, 0.3) is 0 Å². The van der Waals surface area contributed by atoms with Gasteiger partial charge in [0.05, 0.1) is 20.0 Å². The number of anilines is 1. The lowest BCUT2D eigenvalue weighted by Gasteiger charge is -2.40. The standard InChI is InChI=1S/C25H34ClN5O4S/c1-5-6-24(33)31-12-11-30(15-17(31)2)22-14-21(26)28-25(29-22)36-16-23(32)27-10-9-18-7-8-19(34-3)20(13-18)35-4/h7-8,13-14,17H,5-6,9-12,15-16H2,1-4H3,(H,27,32). The Hall–Kier alpha value is -2.72. The Balaban J connectivity index is 1.50. The van der Waals surface area contributed by atoms with Crippen LogP contribution in [0.2, 0.25) is 5.15 Å². The summed E-state index contributed by atoms with van der Waals surface area (Å²) < 4.78 is 10.6. The quantitative estimate of drug-likeness (QED) is 0.265. The van der Waals surface area contributed by atoms with Crippen molar-refractivity contribution in [2.45, 2.75) is 44.3 Å². The van der Waals surface area contributed by atoms with Gasteiger partial charge in [-0.25, -0.2) is 9.97 Å². The van der Waals surface area contributed by atoms with E-state index in [9.17, 15) is 9.59 Å². The third-order valence-electron chi connectivity index (χ3n) is 5.91. The molecule has 2 heterocycles. The number of thioether (sulfide) groups is 1. The van der Waals surface area contributed by atoms with Gasteiger partial charge in [0.25, 0.3) is 0 Å². The molecule has 1 saturated heterocycles. The molecule has 1 aliphatic heterocycles. The summed E-state index contributed by atoms with van der Waals surface area (Å²) in [6, 6.07) is 7.51. The van der Waals surface area contributed by atoms with Gasteiger partial charge in [0, 0.05) is 44.7 Å². The Bertz CT molecular complexity index is 1060. The van der Waals surface area contributed by atoms with E-state index in [1.54, 1.807) is 20.3 Å². The van der Waals surface area contributed by atoms with Crippen LogP contribution in [0.4, 0.5) is 5.82 Å². The molecule has 1 unspecified atom stereocenters. The SMILES string of the molecule is CCCC(=O)N1CCN(c2cc(Cl)nc(SCC(=O)NCCc3ccc(OC)c(OC)c3)n2)CC1C. The van der Waals surface area contributed by atoms with E-state index in [2.05, 4.69) is 20.2 Å². The lowest BCUT2D eigenvalue weighted by Crippen LogP contribution is -2.54. The number of hydrogen-bond donors (Lipinski definition) is 1. The third kappa shape index (κ3) is 7.64. The van der Waals surface area contributed by atoms with Gasteiger partial charge < -0.3 is 24.6 Å². The number of amides is 2. The van der Waals surface area contributed by atoms with E-state index in [-0.39, 0.29) is 23.6 Å². The average molecular weight is 536 g/mol. The molecule has 0 saturated carbocycles. The van der Waals surface area contributed by atoms with Crippen molar-refractivity contribution < 1.29 is 19.1 Å². The summed E-state index contributed by atoms with van der Waals surface area (Å²) in [4.78, 5) is 37.6. The molecule has 0 radical (unpaired) electrons. The molecule has 1 N–H and O–H groups in total. The molecular weight excluding hydrogens is 502 g/mol. The molecule has 36 heavy (non-hydrogen) atoms. The lowest BCUT2D eigenvalue weighted by atomic mass is 10.1. The van der Waals surface area contributed by atoms with Crippen LogP contribution in [0.1, 0.15) is 32.3 Å². The number of piperazine rings is 1. The molecular formula is C25H34ClN5O4S. The van der Waals surface area contributed by atoms with Crippen LogP contribution in [0.15, 0.2) is 29.4 Å². The fourth-order valence-corrected chi connectivity index (χ4v) is 4.98. The topological polar surface area (TPSA) is 96.9 Å². The number of hydrogen-bond acceptors (Lipinski definition) is 8. The number of aromatic nitrogens is 2. The maximum atomic E-state index is 12.4. The van der Waals surface area contributed by atoms with Crippen LogP contribution >= 0.6 is 23.4 Å². The zero-order chi connectivity index (χ0) is 26.1. The minimum atomic E-state index is -0.109. The number of halogens is 1. The molecule has 2 amide bonds. The van der Waals surface area contributed by atoms with Gasteiger partial charge in [-0.05, 0) is 37.5 Å². The summed E-state index contributed by atoms with van der Waals surface area (Å²) in [5, 5.41) is 3.70. The molecule has 1 atom stereocenters. The number of ether oxygens (including phenoxy) is 2. The van der Waals surface area contributed by atoms with Crippen molar-refractivity contribution in [3.8, 4) is 11.5 Å². The molecule has 196 valence electrons. The average Bonchev–Trinajstić information content (AvgIpc) is 2.87. The van der Waals surface area contributed by atoms with E-state index in [0.29, 0.717) is 66.6 Å². The van der Waals surface area contributed by atoms with Crippen molar-refractivity contribution in [1.29, 1.82) is 0 Å². The van der Waals surface area contributed by atoms with Gasteiger partial charge in [-0.2, -0.15) is 0 Å². The second kappa shape index (κ2) is 13.5. The first-order chi connectivity index (χ1) is 17.3. The number of carbonyl (C=O) groups excluding carboxylic acids is 2. The largest absolute Gasteiger partial charge is 0.493 e. The number of methoxy groups -OCH3 is 2. The van der Waals surface area contributed by atoms with Crippen molar-refractivity contribution in [3.05, 3.63) is 35.0 Å². The molecule has 0 spiro atoms. The Morgan fingerprint density at radius 2 is 1.94 bits per heavy atom. The summed E-state index contributed by atoms with van der Waals surface area (Å²) in [5.41, 5.74) is 1.04. The number of benzene rings is 1. The molecule has 3 rings (SSSR count). The minimum Gasteiger partial charge on any atom is -0.493 e. The lowest BCUT2D eigenvalue weighted by molar-refractivity contribution is -0.133. The Labute approximate surface area is 221 Å². The van der Waals surface area contributed by atoms with Crippen molar-refractivity contribution in [2.75, 3.05) is 51.1 Å². The maximum Gasteiger partial charge on any atom is 0.230 e. The van der Waals surface area contributed by atoms with Crippen molar-refractivity contribution in [2.24, 2.45) is 0 Å². The summed E-state index contributed by atoms with van der Waals surface area (Å²) in [5.74, 6) is 2.31. The van der Waals surface area contributed by atoms with E-state index in [4.69, 9.17) is 21.1 Å². The van der Waals surface area contributed by atoms with Gasteiger partial charge in [-0.1, -0.05) is 36.4 Å². The third-order valence-corrected chi connectivity index (χ3v) is 6.95. The van der Waals surface area contributed by atoms with Crippen LogP contribution in [0, 0.1) is 0 Å². The molecule has 1 aromatic carbocycles. The van der Waals surface area contributed by atoms with E-state index >= 15 is 0 Å². The summed E-state index contributed by atoms with van der Waals surface area (Å²) in [7, 11) is 3.19. The van der Waals surface area contributed by atoms with Gasteiger partial charge in [0.2, 0.25) is 11.8 Å². The second-order valence-corrected chi connectivity index (χ2v) is 9.87. The molecule has 1 aliphatic rings. The highest BCUT2D eigenvalue weighted by Gasteiger charge is 2.28. The van der Waals surface area contributed by atoms with Gasteiger partial charge >= 0.3 is 0 Å². The predicted octanol–water partition coefficient (Wildman–Crippen LogP) is 3.44. The minimum absolute atomic E-state index is 0.0825. The van der Waals surface area contributed by atoms with E-state index in [0.717, 1.165) is 12.0 Å². The van der Waals surface area contributed by atoms with E-state index in [1.165, 1.54) is 11.8 Å². The monoisotopic (exact) mass is 535 g/mol. The number of nitrogens with zero attached hydrogens (tertiary/aromatic N) is 4. The normalized spacial score (nSPS) is 15.5. The molecule has 0 aliphatic carbocycles.